The van der Waals surface area contributed by atoms with E-state index in [9.17, 15) is 9.18 Å². The molecule has 0 radical (unpaired) electrons. The van der Waals surface area contributed by atoms with Gasteiger partial charge in [-0.1, -0.05) is 12.1 Å². The second kappa shape index (κ2) is 5.96. The Hall–Kier alpha value is -1.42. The van der Waals surface area contributed by atoms with Crippen LogP contribution in [0.1, 0.15) is 18.4 Å². The number of nitrogens with zero attached hydrogens (tertiary/aromatic N) is 1. The van der Waals surface area contributed by atoms with Crippen molar-refractivity contribution in [3.8, 4) is 0 Å². The van der Waals surface area contributed by atoms with Crippen LogP contribution in [0.3, 0.4) is 0 Å². The standard InChI is InChI=1S/C14H18FNO2/c15-13-3-1-2-12(9-13)8-11-4-6-16(7-5-11)10-14(17)18/h1-3,9,11H,4-8,10H2,(H,17,18). The van der Waals surface area contributed by atoms with Crippen molar-refractivity contribution in [3.05, 3.63) is 35.6 Å². The molecule has 0 aliphatic carbocycles. The van der Waals surface area contributed by atoms with Crippen LogP contribution in [0, 0.1) is 11.7 Å². The van der Waals surface area contributed by atoms with Crippen LogP contribution in [-0.2, 0) is 11.2 Å². The van der Waals surface area contributed by atoms with E-state index in [2.05, 4.69) is 0 Å². The number of aliphatic carboxylic acids is 1. The smallest absolute Gasteiger partial charge is 0.317 e. The van der Waals surface area contributed by atoms with Gasteiger partial charge in [0.1, 0.15) is 5.82 Å². The summed E-state index contributed by atoms with van der Waals surface area (Å²) in [5.41, 5.74) is 1.03. The zero-order valence-electron chi connectivity index (χ0n) is 10.3. The molecule has 1 saturated heterocycles. The number of piperidine rings is 1. The van der Waals surface area contributed by atoms with Gasteiger partial charge in [-0.3, -0.25) is 9.69 Å². The van der Waals surface area contributed by atoms with Crippen LogP contribution in [0.2, 0.25) is 0 Å². The van der Waals surface area contributed by atoms with Crippen molar-refractivity contribution in [2.45, 2.75) is 19.3 Å². The summed E-state index contributed by atoms with van der Waals surface area (Å²) in [6.45, 7) is 1.78. The average Bonchev–Trinajstić information content (AvgIpc) is 2.31. The van der Waals surface area contributed by atoms with Crippen LogP contribution in [0.5, 0.6) is 0 Å². The maximum atomic E-state index is 13.1. The van der Waals surface area contributed by atoms with E-state index in [1.54, 1.807) is 12.1 Å². The van der Waals surface area contributed by atoms with Crippen molar-refractivity contribution >= 4 is 5.97 Å². The van der Waals surface area contributed by atoms with E-state index in [1.165, 1.54) is 6.07 Å². The van der Waals surface area contributed by atoms with Gasteiger partial charge < -0.3 is 5.11 Å². The quantitative estimate of drug-likeness (QED) is 0.891. The summed E-state index contributed by atoms with van der Waals surface area (Å²) in [5.74, 6) is -0.411. The van der Waals surface area contributed by atoms with Crippen LogP contribution in [0.25, 0.3) is 0 Å². The number of carboxylic acids is 1. The van der Waals surface area contributed by atoms with Gasteiger partial charge in [-0.05, 0) is 56.0 Å². The average molecular weight is 251 g/mol. The molecule has 1 aromatic carbocycles. The lowest BCUT2D eigenvalue weighted by molar-refractivity contribution is -0.138. The number of carboxylic acid groups (broad SMARTS) is 1. The number of hydrogen-bond donors (Lipinski definition) is 1. The van der Waals surface area contributed by atoms with Gasteiger partial charge in [0.05, 0.1) is 6.54 Å². The fourth-order valence-corrected chi connectivity index (χ4v) is 2.54. The van der Waals surface area contributed by atoms with Crippen molar-refractivity contribution < 1.29 is 14.3 Å². The Balaban J connectivity index is 1.81. The van der Waals surface area contributed by atoms with Gasteiger partial charge in [0.25, 0.3) is 0 Å². The van der Waals surface area contributed by atoms with Crippen molar-refractivity contribution in [1.82, 2.24) is 4.90 Å². The zero-order valence-corrected chi connectivity index (χ0v) is 10.3. The molecule has 1 aliphatic rings. The van der Waals surface area contributed by atoms with Crippen LogP contribution in [0.15, 0.2) is 24.3 Å². The summed E-state index contributed by atoms with van der Waals surface area (Å²) in [6.07, 6.45) is 2.87. The SMILES string of the molecule is O=C(O)CN1CCC(Cc2cccc(F)c2)CC1. The van der Waals surface area contributed by atoms with Gasteiger partial charge in [-0.2, -0.15) is 0 Å². The summed E-state index contributed by atoms with van der Waals surface area (Å²) >= 11 is 0. The van der Waals surface area contributed by atoms with Gasteiger partial charge in [-0.25, -0.2) is 4.39 Å². The van der Waals surface area contributed by atoms with Gasteiger partial charge in [-0.15, -0.1) is 0 Å². The zero-order chi connectivity index (χ0) is 13.0. The summed E-state index contributed by atoms with van der Waals surface area (Å²) < 4.78 is 13.1. The molecular formula is C14H18FNO2. The second-order valence-corrected chi connectivity index (χ2v) is 4.95. The van der Waals surface area contributed by atoms with Crippen molar-refractivity contribution in [2.75, 3.05) is 19.6 Å². The minimum Gasteiger partial charge on any atom is -0.480 e. The third kappa shape index (κ3) is 3.81. The maximum absolute atomic E-state index is 13.1. The number of carbonyl (C=O) groups is 1. The highest BCUT2D eigenvalue weighted by molar-refractivity contribution is 5.69. The largest absolute Gasteiger partial charge is 0.480 e. The molecule has 0 atom stereocenters. The Kier molecular flexibility index (Phi) is 4.31. The van der Waals surface area contributed by atoms with E-state index < -0.39 is 5.97 Å². The number of hydrogen-bond acceptors (Lipinski definition) is 2. The molecule has 0 unspecified atom stereocenters. The number of benzene rings is 1. The summed E-state index contributed by atoms with van der Waals surface area (Å²) in [5, 5.41) is 8.71. The Morgan fingerprint density at radius 3 is 2.72 bits per heavy atom. The summed E-state index contributed by atoms with van der Waals surface area (Å²) in [7, 11) is 0. The summed E-state index contributed by atoms with van der Waals surface area (Å²) in [6, 6.07) is 6.74. The Morgan fingerprint density at radius 1 is 1.39 bits per heavy atom. The molecule has 0 spiro atoms. The van der Waals surface area contributed by atoms with Gasteiger partial charge in [0, 0.05) is 0 Å². The first-order valence-electron chi connectivity index (χ1n) is 6.32. The van der Waals surface area contributed by atoms with Gasteiger partial charge >= 0.3 is 5.97 Å². The molecule has 1 heterocycles. The van der Waals surface area contributed by atoms with Crippen LogP contribution >= 0.6 is 0 Å². The molecule has 1 fully saturated rings. The molecule has 0 bridgehead atoms. The third-order valence-corrected chi connectivity index (χ3v) is 3.48. The molecule has 4 heteroatoms. The van der Waals surface area contributed by atoms with E-state index in [0.717, 1.165) is 37.9 Å². The van der Waals surface area contributed by atoms with Crippen LogP contribution in [0.4, 0.5) is 4.39 Å². The molecular weight excluding hydrogens is 233 g/mol. The highest BCUT2D eigenvalue weighted by atomic mass is 19.1. The molecule has 18 heavy (non-hydrogen) atoms. The number of likely N-dealkylation sites (tertiary alicyclic amines) is 1. The Labute approximate surface area is 106 Å². The second-order valence-electron chi connectivity index (χ2n) is 4.95. The molecule has 1 aliphatic heterocycles. The predicted molar refractivity (Wildman–Crippen MR) is 66.9 cm³/mol. The summed E-state index contributed by atoms with van der Waals surface area (Å²) in [4.78, 5) is 12.6. The van der Waals surface area contributed by atoms with Crippen LogP contribution < -0.4 is 0 Å². The van der Waals surface area contributed by atoms with E-state index in [4.69, 9.17) is 5.11 Å². The monoisotopic (exact) mass is 251 g/mol. The maximum Gasteiger partial charge on any atom is 0.317 e. The lowest BCUT2D eigenvalue weighted by Crippen LogP contribution is -2.37. The first kappa shape index (κ1) is 13.0. The van der Waals surface area contributed by atoms with E-state index in [0.29, 0.717) is 5.92 Å². The lowest BCUT2D eigenvalue weighted by Gasteiger charge is -2.30. The highest BCUT2D eigenvalue weighted by Gasteiger charge is 2.20. The third-order valence-electron chi connectivity index (χ3n) is 3.48. The Bertz CT molecular complexity index is 414. The first-order valence-corrected chi connectivity index (χ1v) is 6.32. The highest BCUT2D eigenvalue weighted by Crippen LogP contribution is 2.21. The minimum atomic E-state index is -0.765. The van der Waals surface area contributed by atoms with E-state index in [-0.39, 0.29) is 12.4 Å². The van der Waals surface area contributed by atoms with Gasteiger partial charge in [0.15, 0.2) is 0 Å². The molecule has 0 amide bonds. The number of halogens is 1. The lowest BCUT2D eigenvalue weighted by atomic mass is 9.90. The van der Waals surface area contributed by atoms with Crippen molar-refractivity contribution in [2.24, 2.45) is 5.92 Å². The molecule has 0 aromatic heterocycles. The molecule has 1 N–H and O–H groups in total. The molecule has 1 aromatic rings. The van der Waals surface area contributed by atoms with E-state index >= 15 is 0 Å². The van der Waals surface area contributed by atoms with Crippen molar-refractivity contribution in [1.29, 1.82) is 0 Å². The molecule has 98 valence electrons. The van der Waals surface area contributed by atoms with Gasteiger partial charge in [0.2, 0.25) is 0 Å². The molecule has 3 nitrogen and oxygen atoms in total. The number of rotatable bonds is 4. The predicted octanol–water partition coefficient (Wildman–Crippen LogP) is 2.16. The fourth-order valence-electron chi connectivity index (χ4n) is 2.54. The topological polar surface area (TPSA) is 40.5 Å². The van der Waals surface area contributed by atoms with Crippen LogP contribution in [-0.4, -0.2) is 35.6 Å². The Morgan fingerprint density at radius 2 is 2.11 bits per heavy atom. The fraction of sp³-hybridized carbons (Fsp3) is 0.500. The molecule has 0 saturated carbocycles. The minimum absolute atomic E-state index is 0.132. The van der Waals surface area contributed by atoms with Crippen molar-refractivity contribution in [3.63, 3.8) is 0 Å². The van der Waals surface area contributed by atoms with E-state index in [1.807, 2.05) is 11.0 Å². The first-order chi connectivity index (χ1) is 8.63. The normalized spacial score (nSPS) is 17.8. The molecule has 2 rings (SSSR count).